The standard InChI is InChI=1S/C16H20N2/c1-3-16(17-2)15-6-4-13(5-7-15)12-14-8-10-18-11-9-14/h4-11,16-17H,3,12H2,1-2H3. The minimum absolute atomic E-state index is 0.458. The van der Waals surface area contributed by atoms with Crippen LogP contribution in [0.5, 0.6) is 0 Å². The van der Waals surface area contributed by atoms with Gasteiger partial charge in [-0.05, 0) is 48.7 Å². The number of hydrogen-bond acceptors (Lipinski definition) is 2. The quantitative estimate of drug-likeness (QED) is 0.867. The zero-order valence-electron chi connectivity index (χ0n) is 11.1. The van der Waals surface area contributed by atoms with Crippen molar-refractivity contribution in [1.29, 1.82) is 0 Å². The molecule has 0 radical (unpaired) electrons. The zero-order chi connectivity index (χ0) is 12.8. The Bertz CT molecular complexity index is 458. The van der Waals surface area contributed by atoms with Crippen LogP contribution >= 0.6 is 0 Å². The van der Waals surface area contributed by atoms with Gasteiger partial charge in [0.05, 0.1) is 0 Å². The number of benzene rings is 1. The SMILES string of the molecule is CCC(NC)c1ccc(Cc2ccncc2)cc1. The van der Waals surface area contributed by atoms with E-state index < -0.39 is 0 Å². The Balaban J connectivity index is 2.08. The Kier molecular flexibility index (Phi) is 4.48. The van der Waals surface area contributed by atoms with Crippen molar-refractivity contribution >= 4 is 0 Å². The summed E-state index contributed by atoms with van der Waals surface area (Å²) in [6.45, 7) is 2.20. The lowest BCUT2D eigenvalue weighted by Gasteiger charge is -2.14. The Morgan fingerprint density at radius 3 is 2.17 bits per heavy atom. The molecule has 1 atom stereocenters. The molecular weight excluding hydrogens is 220 g/mol. The molecule has 0 aliphatic heterocycles. The molecule has 2 heteroatoms. The summed E-state index contributed by atoms with van der Waals surface area (Å²) >= 11 is 0. The van der Waals surface area contributed by atoms with Gasteiger partial charge in [0.2, 0.25) is 0 Å². The second kappa shape index (κ2) is 6.31. The van der Waals surface area contributed by atoms with Crippen LogP contribution in [0.15, 0.2) is 48.8 Å². The maximum Gasteiger partial charge on any atom is 0.0314 e. The summed E-state index contributed by atoms with van der Waals surface area (Å²) in [5.74, 6) is 0. The van der Waals surface area contributed by atoms with Crippen molar-refractivity contribution in [3.8, 4) is 0 Å². The highest BCUT2D eigenvalue weighted by molar-refractivity contribution is 5.29. The van der Waals surface area contributed by atoms with Gasteiger partial charge in [-0.2, -0.15) is 0 Å². The second-order valence-corrected chi connectivity index (χ2v) is 4.52. The average Bonchev–Trinajstić information content (AvgIpc) is 2.43. The van der Waals surface area contributed by atoms with E-state index in [0.29, 0.717) is 6.04 Å². The van der Waals surface area contributed by atoms with Gasteiger partial charge in [-0.3, -0.25) is 4.98 Å². The monoisotopic (exact) mass is 240 g/mol. The highest BCUT2D eigenvalue weighted by atomic mass is 14.9. The van der Waals surface area contributed by atoms with E-state index in [0.717, 1.165) is 12.8 Å². The second-order valence-electron chi connectivity index (χ2n) is 4.52. The first-order valence-electron chi connectivity index (χ1n) is 6.48. The fourth-order valence-electron chi connectivity index (χ4n) is 2.21. The van der Waals surface area contributed by atoms with Gasteiger partial charge < -0.3 is 5.32 Å². The Labute approximate surface area is 109 Å². The van der Waals surface area contributed by atoms with Gasteiger partial charge in [0, 0.05) is 18.4 Å². The molecule has 0 aliphatic carbocycles. The lowest BCUT2D eigenvalue weighted by molar-refractivity contribution is 0.577. The summed E-state index contributed by atoms with van der Waals surface area (Å²) in [7, 11) is 2.01. The molecule has 0 saturated carbocycles. The van der Waals surface area contributed by atoms with Crippen LogP contribution in [-0.4, -0.2) is 12.0 Å². The van der Waals surface area contributed by atoms with Crippen molar-refractivity contribution in [2.24, 2.45) is 0 Å². The first-order chi connectivity index (χ1) is 8.83. The molecular formula is C16H20N2. The molecule has 0 saturated heterocycles. The summed E-state index contributed by atoms with van der Waals surface area (Å²) in [6, 6.07) is 13.5. The first-order valence-corrected chi connectivity index (χ1v) is 6.48. The van der Waals surface area contributed by atoms with Gasteiger partial charge in [0.15, 0.2) is 0 Å². The molecule has 0 spiro atoms. The maximum absolute atomic E-state index is 4.04. The number of pyridine rings is 1. The highest BCUT2D eigenvalue weighted by Crippen LogP contribution is 2.17. The van der Waals surface area contributed by atoms with Gasteiger partial charge >= 0.3 is 0 Å². The van der Waals surface area contributed by atoms with Crippen LogP contribution in [0.3, 0.4) is 0 Å². The molecule has 2 rings (SSSR count). The summed E-state index contributed by atoms with van der Waals surface area (Å²) in [4.78, 5) is 4.04. The van der Waals surface area contributed by atoms with E-state index >= 15 is 0 Å². The van der Waals surface area contributed by atoms with E-state index in [-0.39, 0.29) is 0 Å². The number of nitrogens with one attached hydrogen (secondary N) is 1. The van der Waals surface area contributed by atoms with Crippen molar-refractivity contribution in [2.45, 2.75) is 25.8 Å². The molecule has 0 fully saturated rings. The predicted octanol–water partition coefficient (Wildman–Crippen LogP) is 3.34. The molecule has 1 unspecified atom stereocenters. The first kappa shape index (κ1) is 12.8. The average molecular weight is 240 g/mol. The molecule has 18 heavy (non-hydrogen) atoms. The van der Waals surface area contributed by atoms with E-state index in [1.54, 1.807) is 0 Å². The van der Waals surface area contributed by atoms with Crippen molar-refractivity contribution < 1.29 is 0 Å². The van der Waals surface area contributed by atoms with E-state index in [1.807, 2.05) is 19.4 Å². The molecule has 1 aromatic carbocycles. The highest BCUT2D eigenvalue weighted by Gasteiger charge is 2.05. The van der Waals surface area contributed by atoms with Crippen LogP contribution in [0.2, 0.25) is 0 Å². The summed E-state index contributed by atoms with van der Waals surface area (Å²) < 4.78 is 0. The third-order valence-corrected chi connectivity index (χ3v) is 3.30. The molecule has 0 amide bonds. The van der Waals surface area contributed by atoms with Crippen molar-refractivity contribution in [3.05, 3.63) is 65.5 Å². The third kappa shape index (κ3) is 3.17. The predicted molar refractivity (Wildman–Crippen MR) is 75.6 cm³/mol. The van der Waals surface area contributed by atoms with Gasteiger partial charge in [-0.1, -0.05) is 31.2 Å². The minimum atomic E-state index is 0.458. The Hall–Kier alpha value is -1.67. The lowest BCUT2D eigenvalue weighted by Crippen LogP contribution is -2.14. The number of aromatic nitrogens is 1. The molecule has 1 heterocycles. The minimum Gasteiger partial charge on any atom is -0.313 e. The van der Waals surface area contributed by atoms with Crippen LogP contribution in [0, 0.1) is 0 Å². The Morgan fingerprint density at radius 1 is 1.00 bits per heavy atom. The van der Waals surface area contributed by atoms with Crippen molar-refractivity contribution in [1.82, 2.24) is 10.3 Å². The normalized spacial score (nSPS) is 12.3. The third-order valence-electron chi connectivity index (χ3n) is 3.30. The van der Waals surface area contributed by atoms with Crippen LogP contribution in [0.1, 0.15) is 36.1 Å². The molecule has 2 aromatic rings. The van der Waals surface area contributed by atoms with Gasteiger partial charge in [-0.25, -0.2) is 0 Å². The van der Waals surface area contributed by atoms with E-state index in [2.05, 4.69) is 53.6 Å². The van der Waals surface area contributed by atoms with Crippen molar-refractivity contribution in [3.63, 3.8) is 0 Å². The number of nitrogens with zero attached hydrogens (tertiary/aromatic N) is 1. The van der Waals surface area contributed by atoms with Crippen LogP contribution in [0.25, 0.3) is 0 Å². The summed E-state index contributed by atoms with van der Waals surface area (Å²) in [6.07, 6.45) is 5.77. The molecule has 94 valence electrons. The van der Waals surface area contributed by atoms with Gasteiger partial charge in [-0.15, -0.1) is 0 Å². The van der Waals surface area contributed by atoms with Crippen LogP contribution in [-0.2, 0) is 6.42 Å². The zero-order valence-corrected chi connectivity index (χ0v) is 11.1. The van der Waals surface area contributed by atoms with Gasteiger partial charge in [0.25, 0.3) is 0 Å². The smallest absolute Gasteiger partial charge is 0.0314 e. The molecule has 1 aromatic heterocycles. The fraction of sp³-hybridized carbons (Fsp3) is 0.312. The maximum atomic E-state index is 4.04. The largest absolute Gasteiger partial charge is 0.313 e. The Morgan fingerprint density at radius 2 is 1.61 bits per heavy atom. The topological polar surface area (TPSA) is 24.9 Å². The van der Waals surface area contributed by atoms with E-state index in [9.17, 15) is 0 Å². The van der Waals surface area contributed by atoms with Crippen molar-refractivity contribution in [2.75, 3.05) is 7.05 Å². The van der Waals surface area contributed by atoms with Gasteiger partial charge in [0.1, 0.15) is 0 Å². The van der Waals surface area contributed by atoms with Crippen LogP contribution < -0.4 is 5.32 Å². The molecule has 2 nitrogen and oxygen atoms in total. The van der Waals surface area contributed by atoms with Crippen LogP contribution in [0.4, 0.5) is 0 Å². The molecule has 1 N–H and O–H groups in total. The lowest BCUT2D eigenvalue weighted by atomic mass is 10.00. The molecule has 0 aliphatic rings. The number of rotatable bonds is 5. The fourth-order valence-corrected chi connectivity index (χ4v) is 2.21. The number of hydrogen-bond donors (Lipinski definition) is 1. The molecule has 0 bridgehead atoms. The van der Waals surface area contributed by atoms with E-state index in [1.165, 1.54) is 16.7 Å². The van der Waals surface area contributed by atoms with E-state index in [4.69, 9.17) is 0 Å². The summed E-state index contributed by atoms with van der Waals surface area (Å²) in [5.41, 5.74) is 4.01. The summed E-state index contributed by atoms with van der Waals surface area (Å²) in [5, 5.41) is 3.33.